The molecule has 0 saturated carbocycles. The second kappa shape index (κ2) is 6.04. The molecule has 1 aliphatic heterocycles. The van der Waals surface area contributed by atoms with Crippen molar-refractivity contribution in [1.29, 1.82) is 0 Å². The fraction of sp³-hybridized carbons (Fsp3) is 0.176. The third-order valence-corrected chi connectivity index (χ3v) is 4.42. The van der Waals surface area contributed by atoms with Crippen LogP contribution in [0.3, 0.4) is 0 Å². The Kier molecular flexibility index (Phi) is 4.09. The van der Waals surface area contributed by atoms with Crippen LogP contribution >= 0.6 is 15.9 Å². The summed E-state index contributed by atoms with van der Waals surface area (Å²) >= 11 is 3.39. The smallest absolute Gasteiger partial charge is 0.335 e. The molecule has 0 radical (unpaired) electrons. The summed E-state index contributed by atoms with van der Waals surface area (Å²) in [6.45, 7) is 0.878. The molecule has 1 N–H and O–H groups in total. The number of carbonyl (C=O) groups is 2. The lowest BCUT2D eigenvalue weighted by Gasteiger charge is -2.35. The van der Waals surface area contributed by atoms with Crippen LogP contribution in [0.15, 0.2) is 46.9 Å². The van der Waals surface area contributed by atoms with Crippen LogP contribution in [-0.4, -0.2) is 29.1 Å². The standard InChI is InChI=1S/C17H15BrN2O3/c1-19-15-7-4-12(16(21)22)8-13(15)10-20(17(19)23)9-11-2-5-14(18)6-3-11/h2-8H,9-10H2,1H3,(H,21,22). The number of nitrogens with zero attached hydrogens (tertiary/aromatic N) is 2. The zero-order valence-corrected chi connectivity index (χ0v) is 14.1. The van der Waals surface area contributed by atoms with Gasteiger partial charge in [-0.2, -0.15) is 0 Å². The number of hydrogen-bond donors (Lipinski definition) is 1. The molecular formula is C17H15BrN2O3. The number of carbonyl (C=O) groups excluding carboxylic acids is 1. The Balaban J connectivity index is 1.89. The SMILES string of the molecule is CN1C(=O)N(Cc2ccc(Br)cc2)Cc2cc(C(=O)O)ccc21. The van der Waals surface area contributed by atoms with Gasteiger partial charge in [0.15, 0.2) is 0 Å². The number of fused-ring (bicyclic) bond motifs is 1. The van der Waals surface area contributed by atoms with Crippen LogP contribution < -0.4 is 4.90 Å². The minimum absolute atomic E-state index is 0.0940. The summed E-state index contributed by atoms with van der Waals surface area (Å²) in [5.74, 6) is -0.966. The van der Waals surface area contributed by atoms with E-state index in [-0.39, 0.29) is 11.6 Å². The monoisotopic (exact) mass is 374 g/mol. The van der Waals surface area contributed by atoms with E-state index in [4.69, 9.17) is 5.11 Å². The van der Waals surface area contributed by atoms with E-state index in [1.54, 1.807) is 29.0 Å². The predicted molar refractivity (Wildman–Crippen MR) is 90.6 cm³/mol. The lowest BCUT2D eigenvalue weighted by molar-refractivity contribution is 0.0696. The number of urea groups is 1. The van der Waals surface area contributed by atoms with Gasteiger partial charge < -0.3 is 10.0 Å². The Morgan fingerprint density at radius 2 is 1.91 bits per heavy atom. The van der Waals surface area contributed by atoms with Gasteiger partial charge in [0.25, 0.3) is 0 Å². The van der Waals surface area contributed by atoms with E-state index >= 15 is 0 Å². The molecule has 2 aromatic carbocycles. The fourth-order valence-corrected chi connectivity index (χ4v) is 2.96. The molecule has 0 saturated heterocycles. The largest absolute Gasteiger partial charge is 0.478 e. The molecule has 1 heterocycles. The van der Waals surface area contributed by atoms with Gasteiger partial charge in [0.1, 0.15) is 0 Å². The van der Waals surface area contributed by atoms with Gasteiger partial charge in [-0.25, -0.2) is 9.59 Å². The third-order valence-electron chi connectivity index (χ3n) is 3.89. The Morgan fingerprint density at radius 3 is 2.57 bits per heavy atom. The molecule has 2 aromatic rings. The average Bonchev–Trinajstić information content (AvgIpc) is 2.54. The van der Waals surface area contributed by atoms with E-state index in [2.05, 4.69) is 15.9 Å². The Bertz CT molecular complexity index is 774. The minimum atomic E-state index is -0.966. The molecule has 0 aliphatic carbocycles. The van der Waals surface area contributed by atoms with Crippen LogP contribution in [-0.2, 0) is 13.1 Å². The second-order valence-electron chi connectivity index (χ2n) is 5.47. The van der Waals surface area contributed by atoms with Gasteiger partial charge in [0, 0.05) is 24.6 Å². The maximum atomic E-state index is 12.5. The van der Waals surface area contributed by atoms with Crippen molar-refractivity contribution < 1.29 is 14.7 Å². The molecule has 0 spiro atoms. The minimum Gasteiger partial charge on any atom is -0.478 e. The summed E-state index contributed by atoms with van der Waals surface area (Å²) in [6, 6.07) is 12.5. The van der Waals surface area contributed by atoms with E-state index in [9.17, 15) is 9.59 Å². The molecule has 0 bridgehead atoms. The van der Waals surface area contributed by atoms with E-state index in [0.29, 0.717) is 13.1 Å². The molecule has 3 rings (SSSR count). The zero-order valence-electron chi connectivity index (χ0n) is 12.5. The third kappa shape index (κ3) is 3.07. The molecule has 23 heavy (non-hydrogen) atoms. The van der Waals surface area contributed by atoms with Gasteiger partial charge in [-0.05, 0) is 41.5 Å². The average molecular weight is 375 g/mol. The van der Waals surface area contributed by atoms with Gasteiger partial charge in [0.05, 0.1) is 11.3 Å². The van der Waals surface area contributed by atoms with E-state index in [0.717, 1.165) is 21.3 Å². The van der Waals surface area contributed by atoms with Crippen molar-refractivity contribution in [3.05, 3.63) is 63.6 Å². The summed E-state index contributed by atoms with van der Waals surface area (Å²) in [5, 5.41) is 9.13. The number of rotatable bonds is 3. The van der Waals surface area contributed by atoms with Crippen molar-refractivity contribution in [2.45, 2.75) is 13.1 Å². The number of anilines is 1. The predicted octanol–water partition coefficient (Wildman–Crippen LogP) is 3.72. The Labute approximate surface area is 142 Å². The number of aromatic carboxylic acids is 1. The van der Waals surface area contributed by atoms with Crippen molar-refractivity contribution >= 4 is 33.6 Å². The highest BCUT2D eigenvalue weighted by atomic mass is 79.9. The molecule has 6 heteroatoms. The molecule has 0 aromatic heterocycles. The number of carboxylic acids is 1. The van der Waals surface area contributed by atoms with Gasteiger partial charge in [-0.3, -0.25) is 4.90 Å². The van der Waals surface area contributed by atoms with Crippen LogP contribution in [0.2, 0.25) is 0 Å². The van der Waals surface area contributed by atoms with Crippen molar-refractivity contribution in [3.63, 3.8) is 0 Å². The van der Waals surface area contributed by atoms with E-state index in [1.165, 1.54) is 6.07 Å². The maximum Gasteiger partial charge on any atom is 0.335 e. The Hall–Kier alpha value is -2.34. The van der Waals surface area contributed by atoms with Gasteiger partial charge in [-0.15, -0.1) is 0 Å². The summed E-state index contributed by atoms with van der Waals surface area (Å²) < 4.78 is 0.986. The highest BCUT2D eigenvalue weighted by molar-refractivity contribution is 9.10. The lowest BCUT2D eigenvalue weighted by atomic mass is 10.0. The molecule has 0 fully saturated rings. The van der Waals surface area contributed by atoms with Crippen LogP contribution in [0.5, 0.6) is 0 Å². The summed E-state index contributed by atoms with van der Waals surface area (Å²) in [4.78, 5) is 26.9. The second-order valence-corrected chi connectivity index (χ2v) is 6.39. The molecule has 0 unspecified atom stereocenters. The number of hydrogen-bond acceptors (Lipinski definition) is 2. The molecule has 1 aliphatic rings. The number of benzene rings is 2. The molecule has 0 atom stereocenters. The first-order valence-corrected chi connectivity index (χ1v) is 7.88. The number of carboxylic acid groups (broad SMARTS) is 1. The van der Waals surface area contributed by atoms with Crippen LogP contribution in [0.1, 0.15) is 21.5 Å². The van der Waals surface area contributed by atoms with Crippen molar-refractivity contribution in [2.24, 2.45) is 0 Å². The topological polar surface area (TPSA) is 60.9 Å². The molecular weight excluding hydrogens is 360 g/mol. The summed E-state index contributed by atoms with van der Waals surface area (Å²) in [5.41, 5.74) is 2.85. The van der Waals surface area contributed by atoms with Gasteiger partial charge in [-0.1, -0.05) is 28.1 Å². The number of halogens is 1. The van der Waals surface area contributed by atoms with Gasteiger partial charge >= 0.3 is 12.0 Å². The van der Waals surface area contributed by atoms with Gasteiger partial charge in [0.2, 0.25) is 0 Å². The van der Waals surface area contributed by atoms with Crippen molar-refractivity contribution in [2.75, 3.05) is 11.9 Å². The zero-order chi connectivity index (χ0) is 16.6. The van der Waals surface area contributed by atoms with Crippen LogP contribution in [0.25, 0.3) is 0 Å². The lowest BCUT2D eigenvalue weighted by Crippen LogP contribution is -2.44. The van der Waals surface area contributed by atoms with Crippen LogP contribution in [0.4, 0.5) is 10.5 Å². The first-order chi connectivity index (χ1) is 11.0. The van der Waals surface area contributed by atoms with E-state index in [1.807, 2.05) is 24.3 Å². The molecule has 5 nitrogen and oxygen atoms in total. The quantitative estimate of drug-likeness (QED) is 0.890. The normalized spacial score (nSPS) is 13.9. The fourth-order valence-electron chi connectivity index (χ4n) is 2.69. The first-order valence-electron chi connectivity index (χ1n) is 7.09. The van der Waals surface area contributed by atoms with Crippen LogP contribution in [0, 0.1) is 0 Å². The van der Waals surface area contributed by atoms with Crippen molar-refractivity contribution in [1.82, 2.24) is 4.90 Å². The van der Waals surface area contributed by atoms with E-state index < -0.39 is 5.97 Å². The van der Waals surface area contributed by atoms with Crippen molar-refractivity contribution in [3.8, 4) is 0 Å². The molecule has 2 amide bonds. The highest BCUT2D eigenvalue weighted by Crippen LogP contribution is 2.29. The molecule has 118 valence electrons. The number of amides is 2. The first kappa shape index (κ1) is 15.6. The Morgan fingerprint density at radius 1 is 1.22 bits per heavy atom. The summed E-state index contributed by atoms with van der Waals surface area (Å²) in [7, 11) is 1.70. The summed E-state index contributed by atoms with van der Waals surface area (Å²) in [6.07, 6.45) is 0. The maximum absolute atomic E-state index is 12.5. The highest BCUT2D eigenvalue weighted by Gasteiger charge is 2.28.